The number of rotatable bonds is 6. The summed E-state index contributed by atoms with van der Waals surface area (Å²) in [5.41, 5.74) is -0.196. The number of ketones is 1. The predicted molar refractivity (Wildman–Crippen MR) is 126 cm³/mol. The number of alkyl halides is 3. The Morgan fingerprint density at radius 2 is 1.81 bits per heavy atom. The van der Waals surface area contributed by atoms with E-state index in [1.54, 1.807) is 31.2 Å². The number of Topliss-reactive ketones (excluding diaryl/α,β-unsaturated/α-hetero) is 1. The zero-order chi connectivity index (χ0) is 26.2. The van der Waals surface area contributed by atoms with Gasteiger partial charge in [-0.2, -0.15) is 18.3 Å². The molecule has 36 heavy (non-hydrogen) atoms. The number of nitrogens with one attached hydrogen (secondary N) is 1. The number of aromatic nitrogens is 4. The van der Waals surface area contributed by atoms with Crippen molar-refractivity contribution in [3.63, 3.8) is 0 Å². The van der Waals surface area contributed by atoms with Gasteiger partial charge in [-0.25, -0.2) is 9.67 Å². The third-order valence-corrected chi connectivity index (χ3v) is 5.80. The number of halogens is 3. The molecule has 4 rings (SSSR count). The Labute approximate surface area is 203 Å². The number of hydrogen-bond donors (Lipinski definition) is 1. The first-order chi connectivity index (χ1) is 17.0. The second-order valence-electron chi connectivity index (χ2n) is 8.18. The zero-order valence-electron chi connectivity index (χ0n) is 19.7. The van der Waals surface area contributed by atoms with Gasteiger partial charge in [-0.3, -0.25) is 14.4 Å². The minimum absolute atomic E-state index is 0.0100. The lowest BCUT2D eigenvalue weighted by molar-refractivity contribution is -0.137. The van der Waals surface area contributed by atoms with Crippen molar-refractivity contribution in [2.45, 2.75) is 33.5 Å². The molecule has 0 fully saturated rings. The van der Waals surface area contributed by atoms with Crippen LogP contribution in [0.3, 0.4) is 0 Å². The van der Waals surface area contributed by atoms with E-state index in [0.717, 1.165) is 12.1 Å². The Morgan fingerprint density at radius 1 is 1.08 bits per heavy atom. The summed E-state index contributed by atoms with van der Waals surface area (Å²) >= 11 is 0. The number of fused-ring (bicyclic) bond motifs is 1. The lowest BCUT2D eigenvalue weighted by atomic mass is 10.1. The van der Waals surface area contributed by atoms with Crippen LogP contribution in [0.4, 0.5) is 13.2 Å². The molecule has 11 heteroatoms. The highest BCUT2D eigenvalue weighted by molar-refractivity contribution is 6.43. The van der Waals surface area contributed by atoms with Gasteiger partial charge in [0.15, 0.2) is 0 Å². The highest BCUT2D eigenvalue weighted by atomic mass is 19.4. The fraction of sp³-hybridized carbons (Fsp3) is 0.240. The molecule has 0 radical (unpaired) electrons. The Bertz CT molecular complexity index is 1540. The maximum atomic E-state index is 13.2. The molecule has 0 bridgehead atoms. The molecule has 1 amide bonds. The molecule has 0 aliphatic carbocycles. The molecule has 0 unspecified atom stereocenters. The van der Waals surface area contributed by atoms with Crippen LogP contribution in [0.25, 0.3) is 16.6 Å². The summed E-state index contributed by atoms with van der Waals surface area (Å²) in [6, 6.07) is 11.3. The highest BCUT2D eigenvalue weighted by Crippen LogP contribution is 2.31. The van der Waals surface area contributed by atoms with Gasteiger partial charge in [0.05, 0.1) is 45.6 Å². The Hall–Kier alpha value is -4.28. The average molecular weight is 497 g/mol. The number of nitrogens with zero attached hydrogens (tertiary/aromatic N) is 4. The smallest absolute Gasteiger partial charge is 0.329 e. The first kappa shape index (κ1) is 24.8. The second-order valence-corrected chi connectivity index (χ2v) is 8.18. The number of carbonyl (C=O) groups excluding carboxylic acids is 2. The number of hydrogen-bond acceptors (Lipinski definition) is 5. The standard InChI is InChI=1S/C25H22F3N5O3/c1-4-32(13-20-29-19-11-6-5-10-18(19)23(35)30-20)24(36)22(34)21-14(2)31-33(15(21)3)17-9-7-8-16(12-17)25(26,27)28/h5-12H,4,13H2,1-3H3,(H,29,30,35). The third-order valence-electron chi connectivity index (χ3n) is 5.80. The Balaban J connectivity index is 1.64. The van der Waals surface area contributed by atoms with Gasteiger partial charge in [0.1, 0.15) is 5.82 Å². The van der Waals surface area contributed by atoms with E-state index in [4.69, 9.17) is 0 Å². The summed E-state index contributed by atoms with van der Waals surface area (Å²) in [5.74, 6) is -1.48. The molecule has 1 N–H and O–H groups in total. The maximum Gasteiger partial charge on any atom is 0.416 e. The van der Waals surface area contributed by atoms with Crippen molar-refractivity contribution in [2.24, 2.45) is 0 Å². The molecule has 0 spiro atoms. The molecule has 2 aromatic carbocycles. The fourth-order valence-electron chi connectivity index (χ4n) is 4.00. The summed E-state index contributed by atoms with van der Waals surface area (Å²) in [6.07, 6.45) is -4.54. The molecule has 0 saturated heterocycles. The number of carbonyl (C=O) groups is 2. The van der Waals surface area contributed by atoms with E-state index in [1.165, 1.54) is 35.6 Å². The highest BCUT2D eigenvalue weighted by Gasteiger charge is 2.32. The lowest BCUT2D eigenvalue weighted by Crippen LogP contribution is -2.37. The average Bonchev–Trinajstić information content (AvgIpc) is 3.15. The zero-order valence-corrected chi connectivity index (χ0v) is 19.7. The van der Waals surface area contributed by atoms with E-state index >= 15 is 0 Å². The van der Waals surface area contributed by atoms with Crippen LogP contribution in [0.2, 0.25) is 0 Å². The molecule has 0 aliphatic heterocycles. The van der Waals surface area contributed by atoms with Crippen molar-refractivity contribution in [3.05, 3.63) is 87.2 Å². The van der Waals surface area contributed by atoms with Crippen LogP contribution in [0.5, 0.6) is 0 Å². The van der Waals surface area contributed by atoms with Gasteiger partial charge in [-0.15, -0.1) is 0 Å². The Morgan fingerprint density at radius 3 is 2.50 bits per heavy atom. The van der Waals surface area contributed by atoms with Gasteiger partial charge in [0.2, 0.25) is 0 Å². The van der Waals surface area contributed by atoms with Gasteiger partial charge in [0.25, 0.3) is 17.2 Å². The van der Waals surface area contributed by atoms with E-state index in [1.807, 2.05) is 0 Å². The van der Waals surface area contributed by atoms with Crippen LogP contribution >= 0.6 is 0 Å². The molecule has 2 heterocycles. The number of aromatic amines is 1. The van der Waals surface area contributed by atoms with Crippen molar-refractivity contribution < 1.29 is 22.8 Å². The number of amides is 1. The van der Waals surface area contributed by atoms with E-state index in [0.29, 0.717) is 10.9 Å². The normalized spacial score (nSPS) is 11.6. The van der Waals surface area contributed by atoms with Crippen LogP contribution in [0.15, 0.2) is 53.3 Å². The van der Waals surface area contributed by atoms with Crippen LogP contribution in [0, 0.1) is 13.8 Å². The van der Waals surface area contributed by atoms with Crippen LogP contribution < -0.4 is 5.56 Å². The second kappa shape index (κ2) is 9.40. The maximum absolute atomic E-state index is 13.2. The van der Waals surface area contributed by atoms with E-state index in [2.05, 4.69) is 15.1 Å². The van der Waals surface area contributed by atoms with Crippen molar-refractivity contribution in [2.75, 3.05) is 6.54 Å². The number of H-pyrrole nitrogens is 1. The van der Waals surface area contributed by atoms with Crippen molar-refractivity contribution >= 4 is 22.6 Å². The van der Waals surface area contributed by atoms with Gasteiger partial charge in [-0.1, -0.05) is 18.2 Å². The van der Waals surface area contributed by atoms with Crippen LogP contribution in [-0.4, -0.2) is 42.9 Å². The van der Waals surface area contributed by atoms with E-state index < -0.39 is 23.4 Å². The largest absolute Gasteiger partial charge is 0.416 e. The van der Waals surface area contributed by atoms with Crippen molar-refractivity contribution in [3.8, 4) is 5.69 Å². The molecule has 4 aromatic rings. The number of benzene rings is 2. The van der Waals surface area contributed by atoms with Crippen LogP contribution in [-0.2, 0) is 17.5 Å². The third kappa shape index (κ3) is 4.64. The molecule has 2 aromatic heterocycles. The van der Waals surface area contributed by atoms with Gasteiger partial charge in [0, 0.05) is 6.54 Å². The molecule has 186 valence electrons. The quantitative estimate of drug-likeness (QED) is 0.321. The summed E-state index contributed by atoms with van der Waals surface area (Å²) in [7, 11) is 0. The van der Waals surface area contributed by atoms with E-state index in [9.17, 15) is 27.6 Å². The summed E-state index contributed by atoms with van der Waals surface area (Å²) in [6.45, 7) is 4.74. The first-order valence-corrected chi connectivity index (χ1v) is 11.1. The number of likely N-dealkylation sites (N-methyl/N-ethyl adjacent to an activating group) is 1. The molecular weight excluding hydrogens is 475 g/mol. The fourth-order valence-corrected chi connectivity index (χ4v) is 4.00. The Kier molecular flexibility index (Phi) is 6.49. The van der Waals surface area contributed by atoms with Gasteiger partial charge >= 0.3 is 6.18 Å². The monoisotopic (exact) mass is 497 g/mol. The van der Waals surface area contributed by atoms with Gasteiger partial charge < -0.3 is 9.88 Å². The minimum Gasteiger partial charge on any atom is -0.329 e. The summed E-state index contributed by atoms with van der Waals surface area (Å²) in [5, 5.41) is 4.62. The molecule has 8 nitrogen and oxygen atoms in total. The van der Waals surface area contributed by atoms with Crippen molar-refractivity contribution in [1.29, 1.82) is 0 Å². The number of aryl methyl sites for hydroxylation is 1. The molecular formula is C25H22F3N5O3. The number of para-hydroxylation sites is 1. The van der Waals surface area contributed by atoms with Crippen molar-refractivity contribution in [1.82, 2.24) is 24.6 Å². The molecule has 0 saturated carbocycles. The lowest BCUT2D eigenvalue weighted by Gasteiger charge is -2.19. The first-order valence-electron chi connectivity index (χ1n) is 11.1. The topological polar surface area (TPSA) is 101 Å². The summed E-state index contributed by atoms with van der Waals surface area (Å²) < 4.78 is 40.7. The van der Waals surface area contributed by atoms with E-state index in [-0.39, 0.29) is 47.1 Å². The predicted octanol–water partition coefficient (Wildman–Crippen LogP) is 3.98. The SMILES string of the molecule is CCN(Cc1nc2ccccc2c(=O)[nH]1)C(=O)C(=O)c1c(C)nn(-c2cccc(C(F)(F)F)c2)c1C. The van der Waals surface area contributed by atoms with Crippen LogP contribution in [0.1, 0.15) is 40.1 Å². The molecule has 0 atom stereocenters. The molecule has 0 aliphatic rings. The van der Waals surface area contributed by atoms with Gasteiger partial charge in [-0.05, 0) is 51.1 Å². The minimum atomic E-state index is -4.54. The summed E-state index contributed by atoms with van der Waals surface area (Å²) in [4.78, 5) is 46.9.